The summed E-state index contributed by atoms with van der Waals surface area (Å²) in [6.07, 6.45) is 0. The van der Waals surface area contributed by atoms with Gasteiger partial charge >= 0.3 is 5.97 Å². The summed E-state index contributed by atoms with van der Waals surface area (Å²) in [5.41, 5.74) is 2.62. The van der Waals surface area contributed by atoms with Gasteiger partial charge in [-0.15, -0.1) is 0 Å². The first-order valence-corrected chi connectivity index (χ1v) is 8.52. The highest BCUT2D eigenvalue weighted by atomic mass is 16.5. The van der Waals surface area contributed by atoms with Crippen LogP contribution in [0.15, 0.2) is 66.7 Å². The van der Waals surface area contributed by atoms with Crippen molar-refractivity contribution in [1.82, 2.24) is 0 Å². The fourth-order valence-corrected chi connectivity index (χ4v) is 2.83. The van der Waals surface area contributed by atoms with E-state index in [1.807, 2.05) is 54.6 Å². The minimum Gasteiger partial charge on any atom is -0.508 e. The number of aryl methyl sites for hydroxylation is 1. The van der Waals surface area contributed by atoms with Crippen molar-refractivity contribution in [3.63, 3.8) is 0 Å². The van der Waals surface area contributed by atoms with Crippen molar-refractivity contribution < 1.29 is 24.5 Å². The maximum atomic E-state index is 11.4. The topological polar surface area (TPSA) is 76.0 Å². The number of rotatable bonds is 7. The first kappa shape index (κ1) is 18.3. The predicted molar refractivity (Wildman–Crippen MR) is 103 cm³/mol. The lowest BCUT2D eigenvalue weighted by atomic mass is 10.1. The lowest BCUT2D eigenvalue weighted by Crippen LogP contribution is -2.12. The number of ether oxygens (including phenoxy) is 2. The van der Waals surface area contributed by atoms with E-state index >= 15 is 0 Å². The number of benzene rings is 3. The Balaban J connectivity index is 1.62. The molecule has 0 unspecified atom stereocenters. The third kappa shape index (κ3) is 4.58. The van der Waals surface area contributed by atoms with Crippen molar-refractivity contribution in [2.24, 2.45) is 0 Å². The summed E-state index contributed by atoms with van der Waals surface area (Å²) in [6.45, 7) is 2.01. The van der Waals surface area contributed by atoms with E-state index in [0.717, 1.165) is 11.1 Å². The third-order valence-corrected chi connectivity index (χ3v) is 4.05. The number of carbonyl (C=O) groups is 1. The Morgan fingerprint density at radius 2 is 1.59 bits per heavy atom. The van der Waals surface area contributed by atoms with Gasteiger partial charge < -0.3 is 19.7 Å². The average Bonchev–Trinajstić information content (AvgIpc) is 2.65. The molecule has 0 saturated carbocycles. The highest BCUT2D eigenvalue weighted by Gasteiger charge is 2.16. The van der Waals surface area contributed by atoms with Crippen molar-refractivity contribution in [2.45, 2.75) is 6.92 Å². The molecule has 0 saturated heterocycles. The molecule has 27 heavy (non-hydrogen) atoms. The van der Waals surface area contributed by atoms with Gasteiger partial charge in [0.25, 0.3) is 0 Å². The van der Waals surface area contributed by atoms with Crippen molar-refractivity contribution >= 4 is 5.97 Å². The zero-order valence-corrected chi connectivity index (χ0v) is 14.9. The number of carboxylic acids is 1. The molecule has 138 valence electrons. The van der Waals surface area contributed by atoms with E-state index in [1.54, 1.807) is 6.92 Å². The summed E-state index contributed by atoms with van der Waals surface area (Å²) in [7, 11) is 0. The van der Waals surface area contributed by atoms with E-state index in [4.69, 9.17) is 9.47 Å². The lowest BCUT2D eigenvalue weighted by Gasteiger charge is -2.13. The molecule has 0 atom stereocenters. The van der Waals surface area contributed by atoms with Crippen LogP contribution in [0.1, 0.15) is 15.9 Å². The van der Waals surface area contributed by atoms with Crippen LogP contribution in [0.25, 0.3) is 11.1 Å². The quantitative estimate of drug-likeness (QED) is 0.603. The molecular weight excluding hydrogens is 344 g/mol. The smallest absolute Gasteiger partial charge is 0.339 e. The molecule has 5 nitrogen and oxygen atoms in total. The van der Waals surface area contributed by atoms with Crippen molar-refractivity contribution in [3.05, 3.63) is 77.9 Å². The van der Waals surface area contributed by atoms with E-state index in [-0.39, 0.29) is 30.3 Å². The Morgan fingerprint density at radius 1 is 0.889 bits per heavy atom. The molecule has 0 heterocycles. The van der Waals surface area contributed by atoms with Crippen molar-refractivity contribution in [2.75, 3.05) is 13.2 Å². The summed E-state index contributed by atoms with van der Waals surface area (Å²) in [4.78, 5) is 11.4. The van der Waals surface area contributed by atoms with Gasteiger partial charge in [0.2, 0.25) is 0 Å². The van der Waals surface area contributed by atoms with E-state index in [0.29, 0.717) is 11.3 Å². The van der Waals surface area contributed by atoms with Gasteiger partial charge in [0.1, 0.15) is 36.0 Å². The Labute approximate surface area is 157 Å². The first-order valence-electron chi connectivity index (χ1n) is 8.52. The Hall–Kier alpha value is -3.47. The number of carboxylic acid groups (broad SMARTS) is 1. The molecule has 0 aliphatic heterocycles. The minimum absolute atomic E-state index is 0.0380. The summed E-state index contributed by atoms with van der Waals surface area (Å²) in [6, 6.07) is 20.4. The Kier molecular flexibility index (Phi) is 5.61. The molecule has 0 bridgehead atoms. The van der Waals surface area contributed by atoms with Crippen LogP contribution in [-0.4, -0.2) is 29.4 Å². The Bertz CT molecular complexity index is 935. The number of hydrogen-bond acceptors (Lipinski definition) is 4. The van der Waals surface area contributed by atoms with Crippen LogP contribution < -0.4 is 9.47 Å². The second-order valence-corrected chi connectivity index (χ2v) is 6.03. The normalized spacial score (nSPS) is 10.4. The Morgan fingerprint density at radius 3 is 2.33 bits per heavy atom. The van der Waals surface area contributed by atoms with Crippen molar-refractivity contribution in [1.29, 1.82) is 0 Å². The largest absolute Gasteiger partial charge is 0.508 e. The highest BCUT2D eigenvalue weighted by molar-refractivity contribution is 5.93. The number of aromatic carboxylic acids is 1. The molecule has 0 aromatic heterocycles. The van der Waals surface area contributed by atoms with E-state index in [1.165, 1.54) is 12.1 Å². The maximum Gasteiger partial charge on any atom is 0.339 e. The molecule has 0 spiro atoms. The first-order chi connectivity index (χ1) is 13.0. The van der Waals surface area contributed by atoms with Gasteiger partial charge in [-0.25, -0.2) is 4.79 Å². The monoisotopic (exact) mass is 364 g/mol. The van der Waals surface area contributed by atoms with Gasteiger partial charge in [0.15, 0.2) is 0 Å². The molecule has 3 aromatic carbocycles. The van der Waals surface area contributed by atoms with Crippen LogP contribution in [0.4, 0.5) is 0 Å². The summed E-state index contributed by atoms with van der Waals surface area (Å²) in [5, 5.41) is 19.0. The van der Waals surface area contributed by atoms with Crippen LogP contribution >= 0.6 is 0 Å². The van der Waals surface area contributed by atoms with Gasteiger partial charge in [0.05, 0.1) is 0 Å². The van der Waals surface area contributed by atoms with Crippen molar-refractivity contribution in [3.8, 4) is 28.4 Å². The lowest BCUT2D eigenvalue weighted by molar-refractivity contribution is 0.0690. The second-order valence-electron chi connectivity index (χ2n) is 6.03. The van der Waals surface area contributed by atoms with Crippen LogP contribution in [0.5, 0.6) is 17.2 Å². The van der Waals surface area contributed by atoms with E-state index in [9.17, 15) is 15.0 Å². The van der Waals surface area contributed by atoms with Gasteiger partial charge in [-0.1, -0.05) is 42.5 Å². The van der Waals surface area contributed by atoms with E-state index < -0.39 is 5.97 Å². The van der Waals surface area contributed by atoms with Gasteiger partial charge in [-0.2, -0.15) is 0 Å². The molecule has 0 aliphatic rings. The third-order valence-electron chi connectivity index (χ3n) is 4.05. The fraction of sp³-hybridized carbons (Fsp3) is 0.136. The fourth-order valence-electron chi connectivity index (χ4n) is 2.83. The van der Waals surface area contributed by atoms with Gasteiger partial charge in [-0.05, 0) is 41.8 Å². The zero-order valence-electron chi connectivity index (χ0n) is 14.9. The molecule has 0 fully saturated rings. The maximum absolute atomic E-state index is 11.4. The SMILES string of the molecule is Cc1cc(O)cc(OCCOc2cccc(-c3ccccc3)c2)c1C(=O)O. The molecule has 5 heteroatoms. The zero-order chi connectivity index (χ0) is 19.2. The minimum atomic E-state index is -1.10. The summed E-state index contributed by atoms with van der Waals surface area (Å²) >= 11 is 0. The molecule has 0 amide bonds. The average molecular weight is 364 g/mol. The standard InChI is InChI=1S/C22H20O5/c1-15-12-18(23)14-20(21(15)22(24)25)27-11-10-26-19-9-5-8-17(13-19)16-6-3-2-4-7-16/h2-9,12-14,23H,10-11H2,1H3,(H,24,25). The number of hydrogen-bond donors (Lipinski definition) is 2. The van der Waals surface area contributed by atoms with Crippen LogP contribution in [0.3, 0.4) is 0 Å². The molecule has 0 aliphatic carbocycles. The number of phenolic OH excluding ortho intramolecular Hbond substituents is 1. The second kappa shape index (κ2) is 8.27. The molecule has 3 rings (SSSR count). The molecule has 0 radical (unpaired) electrons. The number of phenols is 1. The van der Waals surface area contributed by atoms with Gasteiger partial charge in [-0.3, -0.25) is 0 Å². The van der Waals surface area contributed by atoms with Crippen LogP contribution in [0, 0.1) is 6.92 Å². The van der Waals surface area contributed by atoms with Crippen LogP contribution in [0.2, 0.25) is 0 Å². The molecule has 3 aromatic rings. The summed E-state index contributed by atoms with van der Waals surface area (Å²) < 4.78 is 11.2. The van der Waals surface area contributed by atoms with E-state index in [2.05, 4.69) is 0 Å². The summed E-state index contributed by atoms with van der Waals surface area (Å²) in [5.74, 6) is -0.310. The van der Waals surface area contributed by atoms with Gasteiger partial charge in [0, 0.05) is 6.07 Å². The highest BCUT2D eigenvalue weighted by Crippen LogP contribution is 2.28. The van der Waals surface area contributed by atoms with Crippen LogP contribution in [-0.2, 0) is 0 Å². The molecule has 2 N–H and O–H groups in total. The number of aromatic hydroxyl groups is 1. The predicted octanol–water partition coefficient (Wildman–Crippen LogP) is 4.52. The molecular formula is C22H20O5.